The first-order valence-corrected chi connectivity index (χ1v) is 18.5. The monoisotopic (exact) mass is 774 g/mol. The van der Waals surface area contributed by atoms with Crippen LogP contribution in [0.5, 0.6) is 0 Å². The Morgan fingerprint density at radius 1 is 0.875 bits per heavy atom. The standard InChI is InChI=1S/C21H26N2O3.2C7H8N4O2.C2H8N2/c1-26-21(25)19-15-10-17-20-14(13-4-2-3-5-16(13)22-20)8-9-23(17)11-12(15)6-7-18(19)24;2*1-10-5-4(8-3-9-5)6(12)11(2)7(10)13;3-1-2-4/h2-5,12,15,17-19,22,24H,6-11H2,1H3;2*3H,1-2H3,(H,8,9);1-4H2/t12-,15-,17-,18-,19+;;;/m0.../s1. The van der Waals surface area contributed by atoms with Gasteiger partial charge in [0.25, 0.3) is 11.1 Å². The van der Waals surface area contributed by atoms with Crippen LogP contribution in [-0.2, 0) is 44.1 Å². The Kier molecular flexibility index (Phi) is 11.9. The second-order valence-electron chi connectivity index (χ2n) is 14.4. The average Bonchev–Trinajstić information content (AvgIpc) is 4.00. The molecule has 3 aliphatic rings. The van der Waals surface area contributed by atoms with E-state index < -0.39 is 6.10 Å². The maximum absolute atomic E-state index is 12.4. The van der Waals surface area contributed by atoms with Gasteiger partial charge >= 0.3 is 17.3 Å². The lowest BCUT2D eigenvalue weighted by Crippen LogP contribution is -2.53. The van der Waals surface area contributed by atoms with Gasteiger partial charge in [-0.05, 0) is 49.1 Å². The number of carbonyl (C=O) groups is 1. The number of nitrogens with zero attached hydrogens (tertiary/aromatic N) is 7. The molecule has 9 rings (SSSR count). The van der Waals surface area contributed by atoms with Crippen molar-refractivity contribution < 1.29 is 14.6 Å². The number of benzene rings is 1. The predicted molar refractivity (Wildman–Crippen MR) is 210 cm³/mol. The van der Waals surface area contributed by atoms with Crippen LogP contribution in [0.3, 0.4) is 0 Å². The highest BCUT2D eigenvalue weighted by Gasteiger charge is 2.49. The topological polar surface area (TPSA) is 263 Å². The van der Waals surface area contributed by atoms with E-state index in [0.717, 1.165) is 41.5 Å². The van der Waals surface area contributed by atoms with Crippen LogP contribution < -0.4 is 34.0 Å². The SMILES string of the molecule is COC(=O)[C@@H]1[C@H]2C[C@H]3c4[nH]c5ccccc5c4CCN3C[C@@H]2CC[C@@H]1O.Cn1c(=O)c2[nH]cnc2n(C)c1=O.Cn1c(=O)c2[nH]cnc2n(C)c1=O.NCCN. The Labute approximate surface area is 319 Å². The largest absolute Gasteiger partial charge is 0.469 e. The Morgan fingerprint density at radius 3 is 2.00 bits per heavy atom. The van der Waals surface area contributed by atoms with Gasteiger partial charge in [-0.15, -0.1) is 0 Å². The number of H-pyrrole nitrogens is 3. The van der Waals surface area contributed by atoms with E-state index in [9.17, 15) is 29.1 Å². The quantitative estimate of drug-likeness (QED) is 0.121. The molecule has 300 valence electrons. The van der Waals surface area contributed by atoms with Crippen LogP contribution >= 0.6 is 0 Å². The summed E-state index contributed by atoms with van der Waals surface area (Å²) < 4.78 is 9.78. The minimum Gasteiger partial charge on any atom is -0.469 e. The highest BCUT2D eigenvalue weighted by atomic mass is 16.5. The van der Waals surface area contributed by atoms with E-state index in [1.165, 1.54) is 65.2 Å². The Bertz CT molecular complexity index is 2480. The Hall–Kier alpha value is -5.63. The molecule has 19 nitrogen and oxygen atoms in total. The molecule has 0 bridgehead atoms. The van der Waals surface area contributed by atoms with Crippen LogP contribution in [0.4, 0.5) is 0 Å². The fourth-order valence-electron chi connectivity index (χ4n) is 8.34. The van der Waals surface area contributed by atoms with Crippen LogP contribution in [0.2, 0.25) is 0 Å². The van der Waals surface area contributed by atoms with E-state index in [1.807, 2.05) is 0 Å². The molecule has 6 aromatic rings. The third-order valence-corrected chi connectivity index (χ3v) is 11.2. The zero-order valence-electron chi connectivity index (χ0n) is 32.2. The van der Waals surface area contributed by atoms with Crippen molar-refractivity contribution in [3.05, 3.63) is 89.9 Å². The number of aryl methyl sites for hydroxylation is 2. The summed E-state index contributed by atoms with van der Waals surface area (Å²) in [6.45, 7) is 3.29. The summed E-state index contributed by atoms with van der Waals surface area (Å²) in [7, 11) is 7.45. The first kappa shape index (κ1) is 40.0. The van der Waals surface area contributed by atoms with E-state index >= 15 is 0 Å². The van der Waals surface area contributed by atoms with E-state index in [-0.39, 0.29) is 40.3 Å². The van der Waals surface area contributed by atoms with Crippen LogP contribution in [-0.4, -0.2) is 98.6 Å². The number of imidazole rings is 2. The molecule has 56 heavy (non-hydrogen) atoms. The van der Waals surface area contributed by atoms with E-state index in [1.54, 1.807) is 14.1 Å². The van der Waals surface area contributed by atoms with Crippen molar-refractivity contribution in [2.45, 2.75) is 37.8 Å². The van der Waals surface area contributed by atoms with Gasteiger partial charge in [-0.25, -0.2) is 19.6 Å². The van der Waals surface area contributed by atoms with Gasteiger partial charge in [-0.2, -0.15) is 0 Å². The molecule has 0 unspecified atom stereocenters. The fourth-order valence-corrected chi connectivity index (χ4v) is 8.34. The molecule has 0 amide bonds. The molecule has 0 spiro atoms. The molecule has 1 aliphatic carbocycles. The molecule has 5 atom stereocenters. The number of fused-ring (bicyclic) bond motifs is 8. The predicted octanol–water partition coefficient (Wildman–Crippen LogP) is -0.528. The molecule has 5 aromatic heterocycles. The third kappa shape index (κ3) is 7.25. The van der Waals surface area contributed by atoms with Gasteiger partial charge in [0.1, 0.15) is 11.0 Å². The number of aliphatic hydroxyl groups is 1. The first-order valence-electron chi connectivity index (χ1n) is 18.5. The number of hydrogen-bond donors (Lipinski definition) is 6. The normalized spacial score (nSPS) is 21.4. The highest BCUT2D eigenvalue weighted by Crippen LogP contribution is 2.49. The number of methoxy groups -OCH3 is 1. The first-order chi connectivity index (χ1) is 26.8. The van der Waals surface area contributed by atoms with Crippen LogP contribution in [0.1, 0.15) is 36.6 Å². The zero-order chi connectivity index (χ0) is 40.4. The van der Waals surface area contributed by atoms with Gasteiger partial charge in [-0.1, -0.05) is 18.2 Å². The number of rotatable bonds is 2. The number of piperidine rings is 1. The molecular formula is C37H50N12O7. The molecule has 7 heterocycles. The summed E-state index contributed by atoms with van der Waals surface area (Å²) in [5.74, 6) is 0.0541. The van der Waals surface area contributed by atoms with Crippen molar-refractivity contribution in [3.8, 4) is 0 Å². The molecule has 2 fully saturated rings. The van der Waals surface area contributed by atoms with Gasteiger partial charge in [0.05, 0.1) is 37.8 Å². The average molecular weight is 775 g/mol. The maximum Gasteiger partial charge on any atom is 0.332 e. The fraction of sp³-hybridized carbons (Fsp3) is 0.486. The van der Waals surface area contributed by atoms with Crippen molar-refractivity contribution in [2.24, 2.45) is 57.4 Å². The van der Waals surface area contributed by atoms with Crippen LogP contribution in [0, 0.1) is 17.8 Å². The maximum atomic E-state index is 12.4. The number of aromatic amines is 3. The van der Waals surface area contributed by atoms with Crippen molar-refractivity contribution in [3.63, 3.8) is 0 Å². The number of ether oxygens (including phenoxy) is 1. The molecule has 1 aromatic carbocycles. The number of hydrogen-bond acceptors (Lipinski definition) is 12. The van der Waals surface area contributed by atoms with Crippen molar-refractivity contribution in [2.75, 3.05) is 33.3 Å². The van der Waals surface area contributed by atoms with Gasteiger partial charge in [-0.3, -0.25) is 37.6 Å². The molecule has 8 N–H and O–H groups in total. The number of aliphatic hydroxyl groups excluding tert-OH is 1. The van der Waals surface area contributed by atoms with Gasteiger partial charge < -0.3 is 36.3 Å². The minimum absolute atomic E-state index is 0.199. The molecule has 1 saturated heterocycles. The smallest absolute Gasteiger partial charge is 0.332 e. The number of carbonyl (C=O) groups excluding carboxylic acids is 1. The summed E-state index contributed by atoms with van der Waals surface area (Å²) in [5, 5.41) is 11.8. The summed E-state index contributed by atoms with van der Waals surface area (Å²) >= 11 is 0. The van der Waals surface area contributed by atoms with E-state index in [4.69, 9.17) is 16.2 Å². The lowest BCUT2D eigenvalue weighted by molar-refractivity contribution is -0.160. The van der Waals surface area contributed by atoms with Crippen molar-refractivity contribution >= 4 is 39.2 Å². The molecular weight excluding hydrogens is 724 g/mol. The number of aromatic nitrogens is 9. The van der Waals surface area contributed by atoms with Crippen LogP contribution in [0.25, 0.3) is 33.2 Å². The second kappa shape index (κ2) is 16.6. The number of esters is 1. The molecule has 19 heteroatoms. The summed E-state index contributed by atoms with van der Waals surface area (Å²) in [5.41, 5.74) is 13.8. The number of nitrogens with one attached hydrogen (secondary N) is 3. The Morgan fingerprint density at radius 2 is 1.45 bits per heavy atom. The highest BCUT2D eigenvalue weighted by molar-refractivity contribution is 5.85. The zero-order valence-corrected chi connectivity index (χ0v) is 32.2. The molecule has 2 aliphatic heterocycles. The van der Waals surface area contributed by atoms with Crippen molar-refractivity contribution in [1.29, 1.82) is 0 Å². The Balaban J connectivity index is 0.000000149. The lowest BCUT2D eigenvalue weighted by atomic mass is 9.65. The summed E-state index contributed by atoms with van der Waals surface area (Å²) in [4.78, 5) is 77.4. The van der Waals surface area contributed by atoms with Gasteiger partial charge in [0, 0.05) is 71.0 Å². The van der Waals surface area contributed by atoms with Crippen molar-refractivity contribution in [1.82, 2.24) is 48.1 Å². The molecule has 1 saturated carbocycles. The summed E-state index contributed by atoms with van der Waals surface area (Å²) in [6, 6.07) is 8.83. The molecule has 0 radical (unpaired) electrons. The van der Waals surface area contributed by atoms with Gasteiger partial charge in [0.15, 0.2) is 11.3 Å². The number of para-hydroxylation sites is 1. The number of nitrogens with two attached hydrogens (primary N) is 2. The third-order valence-electron chi connectivity index (χ3n) is 11.2. The summed E-state index contributed by atoms with van der Waals surface area (Å²) in [6.07, 6.45) is 5.93. The van der Waals surface area contributed by atoms with E-state index in [0.29, 0.717) is 53.8 Å². The minimum atomic E-state index is -0.568. The lowest BCUT2D eigenvalue weighted by Gasteiger charge is -2.50. The van der Waals surface area contributed by atoms with Crippen LogP contribution in [0.15, 0.2) is 56.1 Å². The second-order valence-corrected chi connectivity index (χ2v) is 14.4. The van der Waals surface area contributed by atoms with Gasteiger partial charge in [0.2, 0.25) is 0 Å². The van der Waals surface area contributed by atoms with E-state index in [2.05, 4.69) is 54.1 Å².